The lowest BCUT2D eigenvalue weighted by Crippen LogP contribution is -2.35. The predicted molar refractivity (Wildman–Crippen MR) is 52.4 cm³/mol. The molecule has 0 aliphatic carbocycles. The van der Waals surface area contributed by atoms with Crippen molar-refractivity contribution in [3.63, 3.8) is 0 Å². The maximum absolute atomic E-state index is 10.1. The van der Waals surface area contributed by atoms with E-state index in [9.17, 15) is 5.11 Å². The average molecular weight is 249 g/mol. The quantitative estimate of drug-likeness (QED) is 0.893. The first-order chi connectivity index (χ1) is 6.00. The topological polar surface area (TPSA) is 42.6 Å². The van der Waals surface area contributed by atoms with Gasteiger partial charge in [0.05, 0.1) is 16.8 Å². The van der Waals surface area contributed by atoms with E-state index in [1.165, 1.54) is 6.26 Å². The summed E-state index contributed by atoms with van der Waals surface area (Å²) in [6.45, 7) is 3.44. The maximum Gasteiger partial charge on any atom is 0.151 e. The van der Waals surface area contributed by atoms with Crippen LogP contribution in [0.5, 0.6) is 0 Å². The monoisotopic (exact) mass is 248 g/mol. The summed E-state index contributed by atoms with van der Waals surface area (Å²) in [7, 11) is 1.55. The first-order valence-electron chi connectivity index (χ1n) is 3.98. The normalized spacial score (nSPS) is 18.2. The Bertz CT molecular complexity index is 280. The predicted octanol–water partition coefficient (Wildman–Crippen LogP) is 2.28. The van der Waals surface area contributed by atoms with Crippen LogP contribution in [0.15, 0.2) is 21.2 Å². The summed E-state index contributed by atoms with van der Waals surface area (Å²) in [5.74, 6) is 0.488. The van der Waals surface area contributed by atoms with Gasteiger partial charge in [-0.2, -0.15) is 0 Å². The molecule has 0 saturated heterocycles. The molecule has 1 rings (SSSR count). The molecule has 0 amide bonds. The van der Waals surface area contributed by atoms with Crippen molar-refractivity contribution in [1.82, 2.24) is 0 Å². The number of rotatable bonds is 3. The molecule has 0 radical (unpaired) electrons. The summed E-state index contributed by atoms with van der Waals surface area (Å²) in [6, 6.07) is 1.74. The number of ether oxygens (including phenoxy) is 1. The highest BCUT2D eigenvalue weighted by molar-refractivity contribution is 9.10. The minimum Gasteiger partial charge on any atom is -0.465 e. The molecule has 0 spiro atoms. The van der Waals surface area contributed by atoms with Gasteiger partial charge in [0.25, 0.3) is 0 Å². The molecular weight excluding hydrogens is 236 g/mol. The van der Waals surface area contributed by atoms with E-state index in [2.05, 4.69) is 15.9 Å². The van der Waals surface area contributed by atoms with Crippen LogP contribution in [0.1, 0.15) is 19.6 Å². The average Bonchev–Trinajstić information content (AvgIpc) is 2.50. The van der Waals surface area contributed by atoms with Gasteiger partial charge in [0.2, 0.25) is 0 Å². The number of halogens is 1. The Morgan fingerprint density at radius 3 is 2.69 bits per heavy atom. The lowest BCUT2D eigenvalue weighted by atomic mass is 9.97. The van der Waals surface area contributed by atoms with E-state index < -0.39 is 5.60 Å². The number of hydrogen-bond acceptors (Lipinski definition) is 3. The van der Waals surface area contributed by atoms with E-state index in [1.807, 2.05) is 0 Å². The first kappa shape index (κ1) is 10.8. The molecule has 0 bridgehead atoms. The van der Waals surface area contributed by atoms with E-state index in [0.29, 0.717) is 5.76 Å². The van der Waals surface area contributed by atoms with Gasteiger partial charge in [-0.15, -0.1) is 0 Å². The van der Waals surface area contributed by atoms with Gasteiger partial charge in [0.15, 0.2) is 5.76 Å². The molecule has 0 aromatic carbocycles. The molecular formula is C9H13BrO3. The van der Waals surface area contributed by atoms with Crippen molar-refractivity contribution in [2.75, 3.05) is 7.11 Å². The summed E-state index contributed by atoms with van der Waals surface area (Å²) in [5.41, 5.74) is -1.11. The third-order valence-corrected chi connectivity index (χ3v) is 2.85. The summed E-state index contributed by atoms with van der Waals surface area (Å²) in [4.78, 5) is 0. The molecule has 1 aromatic rings. The molecule has 1 N–H and O–H groups in total. The third kappa shape index (κ3) is 1.95. The van der Waals surface area contributed by atoms with Gasteiger partial charge < -0.3 is 14.3 Å². The fourth-order valence-electron chi connectivity index (χ4n) is 1.07. The molecule has 2 unspecified atom stereocenters. The molecule has 13 heavy (non-hydrogen) atoms. The molecule has 4 heteroatoms. The van der Waals surface area contributed by atoms with Crippen LogP contribution in [-0.2, 0) is 10.3 Å². The Morgan fingerprint density at radius 2 is 2.31 bits per heavy atom. The number of aliphatic hydroxyl groups is 1. The van der Waals surface area contributed by atoms with Gasteiger partial charge in [-0.3, -0.25) is 0 Å². The van der Waals surface area contributed by atoms with Crippen LogP contribution in [0.4, 0.5) is 0 Å². The van der Waals surface area contributed by atoms with Crippen LogP contribution in [0.3, 0.4) is 0 Å². The number of furan rings is 1. The van der Waals surface area contributed by atoms with Crippen molar-refractivity contribution in [3.8, 4) is 0 Å². The maximum atomic E-state index is 10.1. The van der Waals surface area contributed by atoms with Crippen molar-refractivity contribution in [2.24, 2.45) is 0 Å². The van der Waals surface area contributed by atoms with Gasteiger partial charge in [0, 0.05) is 7.11 Å². The Kier molecular flexibility index (Phi) is 3.16. The van der Waals surface area contributed by atoms with E-state index in [4.69, 9.17) is 9.15 Å². The summed E-state index contributed by atoms with van der Waals surface area (Å²) < 4.78 is 11.0. The Morgan fingerprint density at radius 1 is 1.69 bits per heavy atom. The highest BCUT2D eigenvalue weighted by atomic mass is 79.9. The molecule has 2 atom stereocenters. The molecule has 74 valence electrons. The minimum absolute atomic E-state index is 0.324. The molecule has 0 fully saturated rings. The minimum atomic E-state index is -1.11. The van der Waals surface area contributed by atoms with Gasteiger partial charge in [-0.1, -0.05) is 0 Å². The van der Waals surface area contributed by atoms with Crippen molar-refractivity contribution in [3.05, 3.63) is 22.6 Å². The molecule has 1 aromatic heterocycles. The van der Waals surface area contributed by atoms with Crippen molar-refractivity contribution in [2.45, 2.75) is 25.6 Å². The van der Waals surface area contributed by atoms with Crippen molar-refractivity contribution >= 4 is 15.9 Å². The fourth-order valence-corrected chi connectivity index (χ4v) is 1.67. The van der Waals surface area contributed by atoms with Gasteiger partial charge in [-0.25, -0.2) is 0 Å². The Balaban J connectivity index is 2.99. The highest BCUT2D eigenvalue weighted by Crippen LogP contribution is 2.32. The van der Waals surface area contributed by atoms with E-state index in [1.54, 1.807) is 27.0 Å². The zero-order valence-corrected chi connectivity index (χ0v) is 9.46. The lowest BCUT2D eigenvalue weighted by molar-refractivity contribution is -0.0897. The zero-order valence-electron chi connectivity index (χ0n) is 7.87. The lowest BCUT2D eigenvalue weighted by Gasteiger charge is -2.27. The highest BCUT2D eigenvalue weighted by Gasteiger charge is 2.35. The Labute approximate surface area is 85.8 Å². The Hall–Kier alpha value is -0.320. The molecule has 0 aliphatic heterocycles. The molecule has 0 saturated carbocycles. The fraction of sp³-hybridized carbons (Fsp3) is 0.556. The van der Waals surface area contributed by atoms with Crippen molar-refractivity contribution < 1.29 is 14.3 Å². The second-order valence-corrected chi connectivity index (χ2v) is 3.98. The molecule has 3 nitrogen and oxygen atoms in total. The molecule has 0 aliphatic rings. The van der Waals surface area contributed by atoms with Crippen LogP contribution in [0.25, 0.3) is 0 Å². The smallest absolute Gasteiger partial charge is 0.151 e. The van der Waals surface area contributed by atoms with Gasteiger partial charge in [-0.05, 0) is 35.8 Å². The van der Waals surface area contributed by atoms with Crippen LogP contribution < -0.4 is 0 Å². The second-order valence-electron chi connectivity index (χ2n) is 3.12. The third-order valence-electron chi connectivity index (χ3n) is 2.22. The first-order valence-corrected chi connectivity index (χ1v) is 4.78. The standard InChI is InChI=1S/C9H13BrO3/c1-6(12-3)9(2,11)8-7(10)4-5-13-8/h4-6,11H,1-3H3. The summed E-state index contributed by atoms with van der Waals surface area (Å²) in [5, 5.41) is 10.1. The van der Waals surface area contributed by atoms with Crippen LogP contribution in [-0.4, -0.2) is 18.3 Å². The van der Waals surface area contributed by atoms with E-state index in [-0.39, 0.29) is 6.10 Å². The van der Waals surface area contributed by atoms with Crippen LogP contribution in [0.2, 0.25) is 0 Å². The summed E-state index contributed by atoms with van der Waals surface area (Å²) in [6.07, 6.45) is 1.20. The van der Waals surface area contributed by atoms with E-state index >= 15 is 0 Å². The SMILES string of the molecule is COC(C)C(C)(O)c1occc1Br. The van der Waals surface area contributed by atoms with Gasteiger partial charge >= 0.3 is 0 Å². The summed E-state index contributed by atoms with van der Waals surface area (Å²) >= 11 is 3.29. The van der Waals surface area contributed by atoms with E-state index in [0.717, 1.165) is 4.47 Å². The molecule has 1 heterocycles. The zero-order chi connectivity index (χ0) is 10.1. The van der Waals surface area contributed by atoms with Crippen LogP contribution in [0, 0.1) is 0 Å². The second kappa shape index (κ2) is 3.82. The number of hydrogen-bond donors (Lipinski definition) is 1. The van der Waals surface area contributed by atoms with Crippen molar-refractivity contribution in [1.29, 1.82) is 0 Å². The number of methoxy groups -OCH3 is 1. The van der Waals surface area contributed by atoms with Gasteiger partial charge in [0.1, 0.15) is 5.60 Å². The van der Waals surface area contributed by atoms with Crippen LogP contribution >= 0.6 is 15.9 Å². The largest absolute Gasteiger partial charge is 0.465 e.